The molecule has 1 rings (SSSR count). The van der Waals surface area contributed by atoms with Crippen molar-refractivity contribution < 1.29 is 9.90 Å². The van der Waals surface area contributed by atoms with Crippen LogP contribution in [-0.4, -0.2) is 41.3 Å². The Bertz CT molecular complexity index is 261. The second-order valence-corrected chi connectivity index (χ2v) is 6.04. The van der Waals surface area contributed by atoms with E-state index in [0.717, 1.165) is 32.1 Å². The van der Waals surface area contributed by atoms with Crippen molar-refractivity contribution in [3.05, 3.63) is 0 Å². The van der Waals surface area contributed by atoms with E-state index in [4.69, 9.17) is 0 Å². The highest BCUT2D eigenvalue weighted by molar-refractivity contribution is 5.74. The summed E-state index contributed by atoms with van der Waals surface area (Å²) in [5, 5.41) is 12.5. The molecule has 0 aromatic carbocycles. The lowest BCUT2D eigenvalue weighted by molar-refractivity contribution is 0.114. The van der Waals surface area contributed by atoms with Crippen molar-refractivity contribution in [2.45, 2.75) is 71.1 Å². The SMILES string of the molecule is CC(C)CC(C)N(C)C(=O)NC1CCC(O)CC1. The van der Waals surface area contributed by atoms with E-state index in [1.807, 2.05) is 7.05 Å². The Morgan fingerprint density at radius 1 is 1.28 bits per heavy atom. The van der Waals surface area contributed by atoms with Crippen LogP contribution in [0.3, 0.4) is 0 Å². The summed E-state index contributed by atoms with van der Waals surface area (Å²) >= 11 is 0. The van der Waals surface area contributed by atoms with Gasteiger partial charge in [0.25, 0.3) is 0 Å². The molecule has 2 amide bonds. The number of nitrogens with one attached hydrogen (secondary N) is 1. The molecule has 0 aromatic rings. The Morgan fingerprint density at radius 2 is 1.83 bits per heavy atom. The van der Waals surface area contributed by atoms with Gasteiger partial charge in [-0.15, -0.1) is 0 Å². The summed E-state index contributed by atoms with van der Waals surface area (Å²) in [6, 6.07) is 0.512. The van der Waals surface area contributed by atoms with Gasteiger partial charge in [0.2, 0.25) is 0 Å². The standard InChI is InChI=1S/C14H28N2O2/c1-10(2)9-11(3)16(4)14(18)15-12-5-7-13(17)8-6-12/h10-13,17H,5-9H2,1-4H3,(H,15,18). The second kappa shape index (κ2) is 6.98. The summed E-state index contributed by atoms with van der Waals surface area (Å²) in [7, 11) is 1.86. The van der Waals surface area contributed by atoms with Crippen LogP contribution >= 0.6 is 0 Å². The van der Waals surface area contributed by atoms with E-state index in [2.05, 4.69) is 26.1 Å². The lowest BCUT2D eigenvalue weighted by Crippen LogP contribution is -2.48. The average Bonchev–Trinajstić information content (AvgIpc) is 2.30. The Labute approximate surface area is 111 Å². The van der Waals surface area contributed by atoms with Gasteiger partial charge in [-0.05, 0) is 44.9 Å². The number of nitrogens with zero attached hydrogens (tertiary/aromatic N) is 1. The number of aliphatic hydroxyl groups is 1. The zero-order valence-corrected chi connectivity index (χ0v) is 12.1. The smallest absolute Gasteiger partial charge is 0.317 e. The highest BCUT2D eigenvalue weighted by Crippen LogP contribution is 2.19. The molecule has 0 spiro atoms. The summed E-state index contributed by atoms with van der Waals surface area (Å²) in [6.07, 6.45) is 4.23. The summed E-state index contributed by atoms with van der Waals surface area (Å²) in [4.78, 5) is 13.9. The van der Waals surface area contributed by atoms with Crippen molar-refractivity contribution >= 4 is 6.03 Å². The molecule has 1 fully saturated rings. The van der Waals surface area contributed by atoms with Gasteiger partial charge in [0.15, 0.2) is 0 Å². The minimum Gasteiger partial charge on any atom is -0.393 e. The maximum Gasteiger partial charge on any atom is 0.317 e. The van der Waals surface area contributed by atoms with Crippen LogP contribution in [0, 0.1) is 5.92 Å². The van der Waals surface area contributed by atoms with Gasteiger partial charge in [0, 0.05) is 19.1 Å². The van der Waals surface area contributed by atoms with Crippen LogP contribution in [0.1, 0.15) is 52.9 Å². The van der Waals surface area contributed by atoms with Crippen molar-refractivity contribution in [3.63, 3.8) is 0 Å². The van der Waals surface area contributed by atoms with Gasteiger partial charge >= 0.3 is 6.03 Å². The molecule has 4 heteroatoms. The maximum atomic E-state index is 12.1. The number of carbonyl (C=O) groups excluding carboxylic acids is 1. The summed E-state index contributed by atoms with van der Waals surface area (Å²) in [5.74, 6) is 0.597. The van der Waals surface area contributed by atoms with Gasteiger partial charge in [-0.2, -0.15) is 0 Å². The lowest BCUT2D eigenvalue weighted by Gasteiger charge is -2.31. The summed E-state index contributed by atoms with van der Waals surface area (Å²) in [5.41, 5.74) is 0. The number of urea groups is 1. The highest BCUT2D eigenvalue weighted by Gasteiger charge is 2.23. The minimum absolute atomic E-state index is 0.0181. The third-order valence-corrected chi connectivity index (χ3v) is 3.82. The molecular weight excluding hydrogens is 228 g/mol. The molecular formula is C14H28N2O2. The topological polar surface area (TPSA) is 52.6 Å². The largest absolute Gasteiger partial charge is 0.393 e. The Kier molecular flexibility index (Phi) is 5.93. The van der Waals surface area contributed by atoms with E-state index >= 15 is 0 Å². The van der Waals surface area contributed by atoms with Crippen LogP contribution in [-0.2, 0) is 0 Å². The van der Waals surface area contributed by atoms with Crippen LogP contribution in [0.2, 0.25) is 0 Å². The molecule has 0 heterocycles. The van der Waals surface area contributed by atoms with E-state index in [9.17, 15) is 9.90 Å². The van der Waals surface area contributed by atoms with Gasteiger partial charge in [0.1, 0.15) is 0 Å². The van der Waals surface area contributed by atoms with Gasteiger partial charge in [-0.1, -0.05) is 13.8 Å². The number of aliphatic hydroxyl groups excluding tert-OH is 1. The molecule has 1 unspecified atom stereocenters. The molecule has 18 heavy (non-hydrogen) atoms. The first kappa shape index (κ1) is 15.3. The first-order valence-electron chi connectivity index (χ1n) is 7.11. The van der Waals surface area contributed by atoms with E-state index in [0.29, 0.717) is 5.92 Å². The van der Waals surface area contributed by atoms with Gasteiger partial charge in [0.05, 0.1) is 6.10 Å². The monoisotopic (exact) mass is 256 g/mol. The van der Waals surface area contributed by atoms with Gasteiger partial charge < -0.3 is 15.3 Å². The maximum absolute atomic E-state index is 12.1. The van der Waals surface area contributed by atoms with E-state index in [-0.39, 0.29) is 24.2 Å². The van der Waals surface area contributed by atoms with Crippen LogP contribution in [0.15, 0.2) is 0 Å². The molecule has 1 atom stereocenters. The molecule has 1 saturated carbocycles. The summed E-state index contributed by atoms with van der Waals surface area (Å²) in [6.45, 7) is 6.43. The first-order valence-corrected chi connectivity index (χ1v) is 7.11. The van der Waals surface area contributed by atoms with Gasteiger partial charge in [-0.25, -0.2) is 4.79 Å². The van der Waals surface area contributed by atoms with Crippen LogP contribution in [0.25, 0.3) is 0 Å². The van der Waals surface area contributed by atoms with E-state index in [1.165, 1.54) is 0 Å². The first-order chi connectivity index (χ1) is 8.40. The molecule has 106 valence electrons. The molecule has 4 nitrogen and oxygen atoms in total. The fourth-order valence-corrected chi connectivity index (χ4v) is 2.54. The molecule has 0 saturated heterocycles. The van der Waals surface area contributed by atoms with E-state index in [1.54, 1.807) is 4.90 Å². The highest BCUT2D eigenvalue weighted by atomic mass is 16.3. The van der Waals surface area contributed by atoms with Crippen LogP contribution < -0.4 is 5.32 Å². The molecule has 0 radical (unpaired) electrons. The molecule has 0 bridgehead atoms. The van der Waals surface area contributed by atoms with E-state index < -0.39 is 0 Å². The predicted molar refractivity (Wildman–Crippen MR) is 73.5 cm³/mol. The van der Waals surface area contributed by atoms with Crippen molar-refractivity contribution in [3.8, 4) is 0 Å². The van der Waals surface area contributed by atoms with Crippen molar-refractivity contribution in [1.29, 1.82) is 0 Å². The zero-order valence-electron chi connectivity index (χ0n) is 12.1. The molecule has 1 aliphatic rings. The molecule has 0 aliphatic heterocycles. The number of rotatable bonds is 4. The molecule has 0 aromatic heterocycles. The average molecular weight is 256 g/mol. The predicted octanol–water partition coefficient (Wildman–Crippen LogP) is 2.37. The normalized spacial score (nSPS) is 25.9. The Morgan fingerprint density at radius 3 is 2.33 bits per heavy atom. The minimum atomic E-state index is -0.171. The van der Waals surface area contributed by atoms with Gasteiger partial charge in [-0.3, -0.25) is 0 Å². The van der Waals surface area contributed by atoms with Crippen molar-refractivity contribution in [1.82, 2.24) is 10.2 Å². The summed E-state index contributed by atoms with van der Waals surface area (Å²) < 4.78 is 0. The fourth-order valence-electron chi connectivity index (χ4n) is 2.54. The second-order valence-electron chi connectivity index (χ2n) is 6.04. The van der Waals surface area contributed by atoms with Crippen LogP contribution in [0.5, 0.6) is 0 Å². The lowest BCUT2D eigenvalue weighted by atomic mass is 9.93. The number of amides is 2. The third-order valence-electron chi connectivity index (χ3n) is 3.82. The Balaban J connectivity index is 2.35. The van der Waals surface area contributed by atoms with Crippen molar-refractivity contribution in [2.24, 2.45) is 5.92 Å². The number of carbonyl (C=O) groups is 1. The molecule has 1 aliphatic carbocycles. The molecule has 2 N–H and O–H groups in total. The Hall–Kier alpha value is -0.770. The number of hydrogen-bond donors (Lipinski definition) is 2. The van der Waals surface area contributed by atoms with Crippen LogP contribution in [0.4, 0.5) is 4.79 Å². The zero-order chi connectivity index (χ0) is 13.7. The number of hydrogen-bond acceptors (Lipinski definition) is 2. The third kappa shape index (κ3) is 4.84. The fraction of sp³-hybridized carbons (Fsp3) is 0.929. The quantitative estimate of drug-likeness (QED) is 0.811. The van der Waals surface area contributed by atoms with Crippen molar-refractivity contribution in [2.75, 3.05) is 7.05 Å².